The standard InChI is InChI=1S/C10H13NO/c11-6-5-9-7-8-3-1-2-4-10(8)12-9/h1-4,7-8,10H,5-6,11H2. The van der Waals surface area contributed by atoms with Crippen LogP contribution in [0.5, 0.6) is 0 Å². The summed E-state index contributed by atoms with van der Waals surface area (Å²) in [4.78, 5) is 0. The highest BCUT2D eigenvalue weighted by Crippen LogP contribution is 2.28. The number of allylic oxidation sites excluding steroid dienone is 2. The summed E-state index contributed by atoms with van der Waals surface area (Å²) in [6.07, 6.45) is 11.6. The number of rotatable bonds is 2. The van der Waals surface area contributed by atoms with Crippen LogP contribution in [-0.2, 0) is 4.74 Å². The fraction of sp³-hybridized carbons (Fsp3) is 0.400. The Labute approximate surface area is 72.4 Å². The van der Waals surface area contributed by atoms with E-state index in [-0.39, 0.29) is 6.10 Å². The summed E-state index contributed by atoms with van der Waals surface area (Å²) >= 11 is 0. The van der Waals surface area contributed by atoms with Gasteiger partial charge in [-0.15, -0.1) is 0 Å². The molecule has 12 heavy (non-hydrogen) atoms. The van der Waals surface area contributed by atoms with Crippen LogP contribution in [0, 0.1) is 5.92 Å². The number of fused-ring (bicyclic) bond motifs is 1. The molecule has 2 aliphatic rings. The minimum Gasteiger partial charge on any atom is -0.490 e. The first kappa shape index (κ1) is 7.62. The van der Waals surface area contributed by atoms with E-state index in [1.165, 1.54) is 0 Å². The molecule has 0 saturated heterocycles. The van der Waals surface area contributed by atoms with Crippen molar-refractivity contribution in [3.05, 3.63) is 36.1 Å². The lowest BCUT2D eigenvalue weighted by Crippen LogP contribution is -2.13. The Morgan fingerprint density at radius 2 is 2.17 bits per heavy atom. The average Bonchev–Trinajstić information content (AvgIpc) is 2.47. The molecule has 2 atom stereocenters. The van der Waals surface area contributed by atoms with Crippen molar-refractivity contribution in [1.29, 1.82) is 0 Å². The Morgan fingerprint density at radius 1 is 1.33 bits per heavy atom. The van der Waals surface area contributed by atoms with E-state index in [0.29, 0.717) is 12.5 Å². The SMILES string of the molecule is NCCC1=CC2C=CC=CC2O1. The Kier molecular flexibility index (Phi) is 2.00. The number of hydrogen-bond acceptors (Lipinski definition) is 2. The summed E-state index contributed by atoms with van der Waals surface area (Å²) < 4.78 is 5.65. The molecule has 0 bridgehead atoms. The van der Waals surface area contributed by atoms with Crippen LogP contribution in [0.3, 0.4) is 0 Å². The Balaban J connectivity index is 2.06. The zero-order chi connectivity index (χ0) is 8.39. The van der Waals surface area contributed by atoms with Crippen molar-refractivity contribution < 1.29 is 4.74 Å². The molecule has 0 fully saturated rings. The van der Waals surface area contributed by atoms with Crippen LogP contribution >= 0.6 is 0 Å². The van der Waals surface area contributed by atoms with Crippen molar-refractivity contribution in [2.75, 3.05) is 6.54 Å². The van der Waals surface area contributed by atoms with Gasteiger partial charge in [-0.3, -0.25) is 0 Å². The zero-order valence-electron chi connectivity index (χ0n) is 6.94. The molecule has 0 aromatic heterocycles. The van der Waals surface area contributed by atoms with Gasteiger partial charge in [0.05, 0.1) is 5.76 Å². The maximum absolute atomic E-state index is 5.65. The third-order valence-electron chi connectivity index (χ3n) is 2.18. The molecule has 0 radical (unpaired) electrons. The van der Waals surface area contributed by atoms with Gasteiger partial charge in [0, 0.05) is 12.3 Å². The predicted molar refractivity (Wildman–Crippen MR) is 48.4 cm³/mol. The monoisotopic (exact) mass is 163 g/mol. The molecular weight excluding hydrogens is 150 g/mol. The number of ether oxygens (including phenoxy) is 1. The number of hydrogen-bond donors (Lipinski definition) is 1. The maximum atomic E-state index is 5.65. The van der Waals surface area contributed by atoms with Crippen LogP contribution in [0.25, 0.3) is 0 Å². The van der Waals surface area contributed by atoms with Crippen LogP contribution < -0.4 is 5.73 Å². The Morgan fingerprint density at radius 3 is 2.92 bits per heavy atom. The predicted octanol–water partition coefficient (Wildman–Crippen LogP) is 1.36. The molecule has 2 N–H and O–H groups in total. The molecule has 0 amide bonds. The second-order valence-electron chi connectivity index (χ2n) is 3.10. The van der Waals surface area contributed by atoms with Crippen LogP contribution in [0.4, 0.5) is 0 Å². The van der Waals surface area contributed by atoms with Crippen molar-refractivity contribution in [2.24, 2.45) is 11.7 Å². The molecule has 2 rings (SSSR count). The van der Waals surface area contributed by atoms with Crippen molar-refractivity contribution in [1.82, 2.24) is 0 Å². The minimum absolute atomic E-state index is 0.233. The van der Waals surface area contributed by atoms with Crippen molar-refractivity contribution >= 4 is 0 Å². The van der Waals surface area contributed by atoms with E-state index in [1.807, 2.05) is 6.08 Å². The molecule has 64 valence electrons. The van der Waals surface area contributed by atoms with Gasteiger partial charge in [0.1, 0.15) is 6.10 Å². The summed E-state index contributed by atoms with van der Waals surface area (Å²) in [7, 11) is 0. The first-order valence-corrected chi connectivity index (χ1v) is 4.32. The van der Waals surface area contributed by atoms with Gasteiger partial charge in [-0.05, 0) is 18.7 Å². The van der Waals surface area contributed by atoms with Crippen LogP contribution in [0.1, 0.15) is 6.42 Å². The summed E-state index contributed by atoms with van der Waals surface area (Å²) in [6, 6.07) is 0. The molecule has 2 heteroatoms. The van der Waals surface area contributed by atoms with Crippen molar-refractivity contribution in [2.45, 2.75) is 12.5 Å². The molecule has 1 heterocycles. The lowest BCUT2D eigenvalue weighted by Gasteiger charge is -2.14. The van der Waals surface area contributed by atoms with Crippen molar-refractivity contribution in [3.63, 3.8) is 0 Å². The highest BCUT2D eigenvalue weighted by atomic mass is 16.5. The van der Waals surface area contributed by atoms with Crippen molar-refractivity contribution in [3.8, 4) is 0 Å². The minimum atomic E-state index is 0.233. The third kappa shape index (κ3) is 1.30. The van der Waals surface area contributed by atoms with E-state index < -0.39 is 0 Å². The van der Waals surface area contributed by atoms with E-state index in [4.69, 9.17) is 10.5 Å². The van der Waals surface area contributed by atoms with E-state index in [0.717, 1.165) is 12.2 Å². The first-order chi connectivity index (χ1) is 5.90. The molecule has 0 aromatic carbocycles. The topological polar surface area (TPSA) is 35.2 Å². The number of nitrogens with two attached hydrogens (primary N) is 1. The first-order valence-electron chi connectivity index (χ1n) is 4.32. The van der Waals surface area contributed by atoms with Gasteiger partial charge >= 0.3 is 0 Å². The smallest absolute Gasteiger partial charge is 0.126 e. The fourth-order valence-electron chi connectivity index (χ4n) is 1.59. The van der Waals surface area contributed by atoms with Crippen LogP contribution in [0.15, 0.2) is 36.1 Å². The molecule has 1 aliphatic heterocycles. The molecule has 2 nitrogen and oxygen atoms in total. The second-order valence-corrected chi connectivity index (χ2v) is 3.10. The summed E-state index contributed by atoms with van der Waals surface area (Å²) in [5.74, 6) is 1.49. The largest absolute Gasteiger partial charge is 0.490 e. The van der Waals surface area contributed by atoms with E-state index in [2.05, 4.69) is 24.3 Å². The highest BCUT2D eigenvalue weighted by molar-refractivity contribution is 5.25. The van der Waals surface area contributed by atoms with Gasteiger partial charge in [0.2, 0.25) is 0 Å². The normalized spacial score (nSPS) is 31.2. The van der Waals surface area contributed by atoms with Crippen LogP contribution in [0.2, 0.25) is 0 Å². The fourth-order valence-corrected chi connectivity index (χ4v) is 1.59. The summed E-state index contributed by atoms with van der Waals surface area (Å²) in [6.45, 7) is 0.665. The summed E-state index contributed by atoms with van der Waals surface area (Å²) in [5.41, 5.74) is 5.44. The summed E-state index contributed by atoms with van der Waals surface area (Å²) in [5, 5.41) is 0. The zero-order valence-corrected chi connectivity index (χ0v) is 6.94. The van der Waals surface area contributed by atoms with Gasteiger partial charge < -0.3 is 10.5 Å². The molecule has 0 saturated carbocycles. The average molecular weight is 163 g/mol. The molecular formula is C10H13NO. The molecule has 0 aromatic rings. The quantitative estimate of drug-likeness (QED) is 0.667. The second kappa shape index (κ2) is 3.15. The molecule has 1 aliphatic carbocycles. The van der Waals surface area contributed by atoms with E-state index in [1.54, 1.807) is 0 Å². The Hall–Kier alpha value is -1.02. The lowest BCUT2D eigenvalue weighted by molar-refractivity contribution is 0.158. The van der Waals surface area contributed by atoms with Gasteiger partial charge in [-0.25, -0.2) is 0 Å². The van der Waals surface area contributed by atoms with Gasteiger partial charge in [-0.2, -0.15) is 0 Å². The van der Waals surface area contributed by atoms with Gasteiger partial charge in [-0.1, -0.05) is 18.2 Å². The molecule has 0 spiro atoms. The third-order valence-corrected chi connectivity index (χ3v) is 2.18. The van der Waals surface area contributed by atoms with Gasteiger partial charge in [0.25, 0.3) is 0 Å². The maximum Gasteiger partial charge on any atom is 0.126 e. The van der Waals surface area contributed by atoms with Gasteiger partial charge in [0.15, 0.2) is 0 Å². The highest BCUT2D eigenvalue weighted by Gasteiger charge is 2.25. The Bertz CT molecular complexity index is 253. The lowest BCUT2D eigenvalue weighted by atomic mass is 9.99. The molecule has 2 unspecified atom stereocenters. The van der Waals surface area contributed by atoms with E-state index >= 15 is 0 Å². The van der Waals surface area contributed by atoms with Crippen LogP contribution in [-0.4, -0.2) is 12.6 Å². The van der Waals surface area contributed by atoms with E-state index in [9.17, 15) is 0 Å².